The zero-order chi connectivity index (χ0) is 15.4. The van der Waals surface area contributed by atoms with E-state index in [1.54, 1.807) is 18.2 Å². The average Bonchev–Trinajstić information content (AvgIpc) is 2.57. The summed E-state index contributed by atoms with van der Waals surface area (Å²) >= 11 is 0. The fourth-order valence-corrected chi connectivity index (χ4v) is 2.64. The summed E-state index contributed by atoms with van der Waals surface area (Å²) in [5.74, 6) is 0.194. The van der Waals surface area contributed by atoms with Gasteiger partial charge in [0.25, 0.3) is 0 Å². The highest BCUT2D eigenvalue weighted by Crippen LogP contribution is 2.30. The molecule has 2 aromatic rings. The number of aromatic hydroxyl groups is 1. The number of hydrogen-bond donors (Lipinski definition) is 1. The molecule has 22 heavy (non-hydrogen) atoms. The Bertz CT molecular complexity index is 683. The molecule has 112 valence electrons. The summed E-state index contributed by atoms with van der Waals surface area (Å²) in [5.41, 5.74) is 3.39. The Morgan fingerprint density at radius 2 is 1.82 bits per heavy atom. The molecular weight excluding hydrogens is 276 g/mol. The first-order valence-electron chi connectivity index (χ1n) is 7.39. The van der Waals surface area contributed by atoms with Crippen molar-refractivity contribution >= 4 is 0 Å². The molecular formula is C18H18N2O2. The maximum Gasteiger partial charge on any atom is 0.123 e. The monoisotopic (exact) mass is 294 g/mol. The predicted molar refractivity (Wildman–Crippen MR) is 84.4 cm³/mol. The van der Waals surface area contributed by atoms with Crippen molar-refractivity contribution in [3.05, 3.63) is 53.6 Å². The van der Waals surface area contributed by atoms with Gasteiger partial charge >= 0.3 is 0 Å². The molecule has 1 saturated heterocycles. The number of phenols is 1. The van der Waals surface area contributed by atoms with E-state index in [1.807, 2.05) is 12.1 Å². The van der Waals surface area contributed by atoms with E-state index >= 15 is 0 Å². The molecule has 2 aromatic carbocycles. The highest BCUT2D eigenvalue weighted by Gasteiger charge is 2.11. The third kappa shape index (κ3) is 3.28. The normalized spacial score (nSPS) is 15.4. The zero-order valence-electron chi connectivity index (χ0n) is 12.3. The Kier molecular flexibility index (Phi) is 4.38. The molecule has 1 N–H and O–H groups in total. The number of rotatable bonds is 3. The van der Waals surface area contributed by atoms with Crippen molar-refractivity contribution in [2.45, 2.75) is 6.54 Å². The predicted octanol–water partition coefficient (Wildman–Crippen LogP) is 2.76. The van der Waals surface area contributed by atoms with Gasteiger partial charge in [0.1, 0.15) is 5.75 Å². The maximum absolute atomic E-state index is 9.98. The zero-order valence-corrected chi connectivity index (χ0v) is 12.3. The summed E-state index contributed by atoms with van der Waals surface area (Å²) in [6.07, 6.45) is 0. The lowest BCUT2D eigenvalue weighted by Crippen LogP contribution is -2.35. The van der Waals surface area contributed by atoms with E-state index in [1.165, 1.54) is 5.56 Å². The van der Waals surface area contributed by atoms with Crippen LogP contribution in [0.4, 0.5) is 0 Å². The average molecular weight is 294 g/mol. The second-order valence-corrected chi connectivity index (χ2v) is 5.43. The standard InChI is InChI=1S/C18H18N2O2/c19-12-15-3-6-18(21)17(11-15)16-4-1-14(2-5-16)13-20-7-9-22-10-8-20/h1-6,11,21H,7-10,13H2. The van der Waals surface area contributed by atoms with Crippen LogP contribution in [0.3, 0.4) is 0 Å². The summed E-state index contributed by atoms with van der Waals surface area (Å²) in [4.78, 5) is 2.37. The van der Waals surface area contributed by atoms with Crippen molar-refractivity contribution in [3.8, 4) is 22.9 Å². The molecule has 0 aromatic heterocycles. The van der Waals surface area contributed by atoms with Crippen LogP contribution in [-0.4, -0.2) is 36.3 Å². The Morgan fingerprint density at radius 1 is 1.09 bits per heavy atom. The minimum atomic E-state index is 0.194. The van der Waals surface area contributed by atoms with Crippen LogP contribution in [0, 0.1) is 11.3 Å². The van der Waals surface area contributed by atoms with Crippen molar-refractivity contribution < 1.29 is 9.84 Å². The van der Waals surface area contributed by atoms with Crippen LogP contribution in [-0.2, 0) is 11.3 Å². The summed E-state index contributed by atoms with van der Waals surface area (Å²) < 4.78 is 5.35. The van der Waals surface area contributed by atoms with E-state index in [0.29, 0.717) is 11.1 Å². The van der Waals surface area contributed by atoms with Gasteiger partial charge in [-0.2, -0.15) is 5.26 Å². The molecule has 0 spiro atoms. The molecule has 4 heteroatoms. The van der Waals surface area contributed by atoms with Gasteiger partial charge in [-0.25, -0.2) is 0 Å². The Morgan fingerprint density at radius 3 is 2.50 bits per heavy atom. The highest BCUT2D eigenvalue weighted by molar-refractivity contribution is 5.71. The molecule has 1 heterocycles. The SMILES string of the molecule is N#Cc1ccc(O)c(-c2ccc(CN3CCOCC3)cc2)c1. The molecule has 0 bridgehead atoms. The van der Waals surface area contributed by atoms with Crippen molar-refractivity contribution in [3.63, 3.8) is 0 Å². The molecule has 1 aliphatic rings. The molecule has 0 aliphatic carbocycles. The van der Waals surface area contributed by atoms with Gasteiger partial charge in [0.15, 0.2) is 0 Å². The topological polar surface area (TPSA) is 56.5 Å². The summed E-state index contributed by atoms with van der Waals surface area (Å²) in [5, 5.41) is 19.0. The molecule has 4 nitrogen and oxygen atoms in total. The van der Waals surface area contributed by atoms with Gasteiger partial charge < -0.3 is 9.84 Å². The lowest BCUT2D eigenvalue weighted by molar-refractivity contribution is 0.0342. The van der Waals surface area contributed by atoms with E-state index in [-0.39, 0.29) is 5.75 Å². The van der Waals surface area contributed by atoms with E-state index in [2.05, 4.69) is 23.1 Å². The quantitative estimate of drug-likeness (QED) is 0.945. The van der Waals surface area contributed by atoms with Gasteiger partial charge in [-0.1, -0.05) is 24.3 Å². The Balaban J connectivity index is 1.78. The number of benzene rings is 2. The third-order valence-corrected chi connectivity index (χ3v) is 3.90. The van der Waals surface area contributed by atoms with Crippen LogP contribution in [0.5, 0.6) is 5.75 Å². The molecule has 1 aliphatic heterocycles. The lowest BCUT2D eigenvalue weighted by atomic mass is 10.0. The molecule has 0 radical (unpaired) electrons. The van der Waals surface area contributed by atoms with Crippen LogP contribution < -0.4 is 0 Å². The van der Waals surface area contributed by atoms with Gasteiger partial charge in [-0.05, 0) is 29.3 Å². The molecule has 1 fully saturated rings. The first-order chi connectivity index (χ1) is 10.8. The fraction of sp³-hybridized carbons (Fsp3) is 0.278. The highest BCUT2D eigenvalue weighted by atomic mass is 16.5. The second-order valence-electron chi connectivity index (χ2n) is 5.43. The number of hydrogen-bond acceptors (Lipinski definition) is 4. The van der Waals surface area contributed by atoms with Crippen molar-refractivity contribution in [1.29, 1.82) is 5.26 Å². The summed E-state index contributed by atoms with van der Waals surface area (Å²) in [6.45, 7) is 4.44. The van der Waals surface area contributed by atoms with Crippen LogP contribution in [0.2, 0.25) is 0 Å². The van der Waals surface area contributed by atoms with Crippen molar-refractivity contribution in [1.82, 2.24) is 4.90 Å². The number of nitriles is 1. The minimum Gasteiger partial charge on any atom is -0.507 e. The second kappa shape index (κ2) is 6.61. The number of morpholine rings is 1. The third-order valence-electron chi connectivity index (χ3n) is 3.90. The van der Waals surface area contributed by atoms with Gasteiger partial charge in [0, 0.05) is 25.2 Å². The smallest absolute Gasteiger partial charge is 0.123 e. The molecule has 3 rings (SSSR count). The van der Waals surface area contributed by atoms with Crippen LogP contribution in [0.1, 0.15) is 11.1 Å². The van der Waals surface area contributed by atoms with E-state index in [4.69, 9.17) is 10.00 Å². The first kappa shape index (κ1) is 14.6. The lowest BCUT2D eigenvalue weighted by Gasteiger charge is -2.26. The van der Waals surface area contributed by atoms with E-state index in [9.17, 15) is 5.11 Å². The Hall–Kier alpha value is -2.35. The summed E-state index contributed by atoms with van der Waals surface area (Å²) in [6, 6.07) is 15.1. The summed E-state index contributed by atoms with van der Waals surface area (Å²) in [7, 11) is 0. The fourth-order valence-electron chi connectivity index (χ4n) is 2.64. The van der Waals surface area contributed by atoms with Gasteiger partial charge in [-0.15, -0.1) is 0 Å². The minimum absolute atomic E-state index is 0.194. The molecule has 0 amide bonds. The van der Waals surface area contributed by atoms with Crippen LogP contribution in [0.15, 0.2) is 42.5 Å². The number of nitrogens with zero attached hydrogens (tertiary/aromatic N) is 2. The Labute approximate surface area is 130 Å². The van der Waals surface area contributed by atoms with Gasteiger partial charge in [-0.3, -0.25) is 4.90 Å². The van der Waals surface area contributed by atoms with Crippen molar-refractivity contribution in [2.24, 2.45) is 0 Å². The van der Waals surface area contributed by atoms with Crippen LogP contribution in [0.25, 0.3) is 11.1 Å². The maximum atomic E-state index is 9.98. The van der Waals surface area contributed by atoms with Gasteiger partial charge in [0.05, 0.1) is 24.8 Å². The van der Waals surface area contributed by atoms with E-state index in [0.717, 1.165) is 38.4 Å². The number of phenolic OH excluding ortho intramolecular Hbond substituents is 1. The molecule has 0 saturated carbocycles. The van der Waals surface area contributed by atoms with E-state index < -0.39 is 0 Å². The first-order valence-corrected chi connectivity index (χ1v) is 7.39. The largest absolute Gasteiger partial charge is 0.507 e. The van der Waals surface area contributed by atoms with Crippen molar-refractivity contribution in [2.75, 3.05) is 26.3 Å². The number of ether oxygens (including phenoxy) is 1. The molecule has 0 unspecified atom stereocenters. The van der Waals surface area contributed by atoms with Gasteiger partial charge in [0.2, 0.25) is 0 Å². The molecule has 0 atom stereocenters. The van der Waals surface area contributed by atoms with Crippen LogP contribution >= 0.6 is 0 Å².